The fourth-order valence-corrected chi connectivity index (χ4v) is 3.98. The highest BCUT2D eigenvalue weighted by Gasteiger charge is 2.11. The summed E-state index contributed by atoms with van der Waals surface area (Å²) < 4.78 is 24.8. The molecule has 3 aromatic rings. The molecule has 0 aliphatic rings. The normalized spacial score (nSPS) is 11.1. The maximum absolute atomic E-state index is 13.7. The molecule has 144 valence electrons. The van der Waals surface area contributed by atoms with Crippen molar-refractivity contribution in [1.29, 1.82) is 0 Å². The van der Waals surface area contributed by atoms with E-state index < -0.39 is 0 Å². The van der Waals surface area contributed by atoms with Crippen molar-refractivity contribution in [2.24, 2.45) is 0 Å². The van der Waals surface area contributed by atoms with Gasteiger partial charge in [-0.2, -0.15) is 4.98 Å². The lowest BCUT2D eigenvalue weighted by Crippen LogP contribution is -2.06. The van der Waals surface area contributed by atoms with Crippen LogP contribution in [0.15, 0.2) is 27.1 Å². The minimum Gasteiger partial charge on any atom is -0.383 e. The van der Waals surface area contributed by atoms with Gasteiger partial charge in [0.2, 0.25) is 16.8 Å². The van der Waals surface area contributed by atoms with Crippen LogP contribution in [-0.4, -0.2) is 46.4 Å². The van der Waals surface area contributed by atoms with Gasteiger partial charge in [0.15, 0.2) is 4.34 Å². The van der Waals surface area contributed by atoms with E-state index in [-0.39, 0.29) is 5.82 Å². The molecule has 27 heavy (non-hydrogen) atoms. The molecule has 0 bridgehead atoms. The van der Waals surface area contributed by atoms with Crippen LogP contribution in [0.5, 0.6) is 0 Å². The summed E-state index contributed by atoms with van der Waals surface area (Å²) in [5, 5.41) is 16.1. The highest BCUT2D eigenvalue weighted by molar-refractivity contribution is 8.01. The van der Waals surface area contributed by atoms with E-state index in [1.54, 1.807) is 37.9 Å². The van der Waals surface area contributed by atoms with Crippen LogP contribution in [0.1, 0.15) is 17.9 Å². The van der Waals surface area contributed by atoms with E-state index >= 15 is 0 Å². The zero-order valence-corrected chi connectivity index (χ0v) is 16.7. The predicted molar refractivity (Wildman–Crippen MR) is 104 cm³/mol. The Kier molecular flexibility index (Phi) is 7.13. The molecule has 0 saturated carbocycles. The first-order valence-corrected chi connectivity index (χ1v) is 10.2. The molecule has 0 aliphatic carbocycles. The lowest BCUT2D eigenvalue weighted by atomic mass is 10.1. The number of rotatable bonds is 10. The first-order chi connectivity index (χ1) is 13.2. The van der Waals surface area contributed by atoms with Crippen molar-refractivity contribution < 1.29 is 13.7 Å². The Hall–Kier alpha value is -2.04. The monoisotopic (exact) mass is 409 g/mol. The molecule has 0 spiro atoms. The van der Waals surface area contributed by atoms with E-state index in [0.717, 1.165) is 21.6 Å². The smallest absolute Gasteiger partial charge is 0.226 e. The number of nitrogens with zero attached hydrogens (tertiary/aromatic N) is 4. The van der Waals surface area contributed by atoms with E-state index in [4.69, 9.17) is 9.26 Å². The molecule has 0 amide bonds. The molecule has 10 heteroatoms. The second kappa shape index (κ2) is 9.77. The number of thioether (sulfide) groups is 1. The topological polar surface area (TPSA) is 86.0 Å². The number of hydrogen-bond acceptors (Lipinski definition) is 9. The van der Waals surface area contributed by atoms with Crippen LogP contribution in [0, 0.1) is 12.7 Å². The van der Waals surface area contributed by atoms with Crippen molar-refractivity contribution >= 4 is 28.2 Å². The molecule has 0 radical (unpaired) electrons. The molecule has 0 atom stereocenters. The van der Waals surface area contributed by atoms with Crippen LogP contribution < -0.4 is 5.32 Å². The molecule has 0 fully saturated rings. The average molecular weight is 410 g/mol. The van der Waals surface area contributed by atoms with E-state index in [0.29, 0.717) is 42.4 Å². The summed E-state index contributed by atoms with van der Waals surface area (Å²) in [6, 6.07) is 4.92. The molecule has 0 aliphatic heterocycles. The zero-order valence-electron chi connectivity index (χ0n) is 15.1. The van der Waals surface area contributed by atoms with E-state index in [1.807, 2.05) is 0 Å². The molecule has 2 heterocycles. The highest BCUT2D eigenvalue weighted by atomic mass is 32.2. The number of hydrogen-bond donors (Lipinski definition) is 1. The molecular formula is C17H20FN5O2S2. The Balaban J connectivity index is 1.43. The van der Waals surface area contributed by atoms with Gasteiger partial charge in [0.25, 0.3) is 0 Å². The second-order valence-electron chi connectivity index (χ2n) is 5.72. The van der Waals surface area contributed by atoms with Gasteiger partial charge in [0, 0.05) is 31.4 Å². The van der Waals surface area contributed by atoms with Crippen molar-refractivity contribution in [1.82, 2.24) is 20.3 Å². The molecule has 1 N–H and O–H groups in total. The van der Waals surface area contributed by atoms with Gasteiger partial charge in [-0.25, -0.2) is 4.39 Å². The summed E-state index contributed by atoms with van der Waals surface area (Å²) in [5.41, 5.74) is 1.21. The maximum atomic E-state index is 13.7. The highest BCUT2D eigenvalue weighted by Crippen LogP contribution is 2.26. The van der Waals surface area contributed by atoms with Crippen molar-refractivity contribution in [2.45, 2.75) is 24.1 Å². The van der Waals surface area contributed by atoms with Crippen molar-refractivity contribution in [2.75, 3.05) is 31.3 Å². The predicted octanol–water partition coefficient (Wildman–Crippen LogP) is 3.82. The second-order valence-corrected chi connectivity index (χ2v) is 8.04. The maximum Gasteiger partial charge on any atom is 0.226 e. The third kappa shape index (κ3) is 5.72. The molecule has 0 unspecified atom stereocenters. The van der Waals surface area contributed by atoms with Crippen LogP contribution >= 0.6 is 23.1 Å². The standard InChI is InChI=1S/C17H20FN5O2S2/c1-11-5-6-12(10-13(11)18)15-20-14(25-23-15)4-3-9-26-17-22-21-16(27-17)19-7-8-24-2/h5-6,10H,3-4,7-9H2,1-2H3,(H,19,21). The van der Waals surface area contributed by atoms with Gasteiger partial charge in [0.1, 0.15) is 5.82 Å². The Morgan fingerprint density at radius 2 is 2.22 bits per heavy atom. The van der Waals surface area contributed by atoms with Crippen molar-refractivity contribution in [3.63, 3.8) is 0 Å². The SMILES string of the molecule is COCCNc1nnc(SCCCc2nc(-c3ccc(C)c(F)c3)no2)s1. The Morgan fingerprint density at radius 3 is 3.04 bits per heavy atom. The number of nitrogens with one attached hydrogen (secondary N) is 1. The van der Waals surface area contributed by atoms with Crippen LogP contribution in [0.25, 0.3) is 11.4 Å². The largest absolute Gasteiger partial charge is 0.383 e. The summed E-state index contributed by atoms with van der Waals surface area (Å²) in [6.45, 7) is 3.05. The van der Waals surface area contributed by atoms with E-state index in [1.165, 1.54) is 17.4 Å². The van der Waals surface area contributed by atoms with Gasteiger partial charge in [-0.15, -0.1) is 10.2 Å². The number of aryl methyl sites for hydroxylation is 2. The Morgan fingerprint density at radius 1 is 1.33 bits per heavy atom. The first-order valence-electron chi connectivity index (χ1n) is 8.44. The van der Waals surface area contributed by atoms with Gasteiger partial charge in [-0.3, -0.25) is 0 Å². The minimum atomic E-state index is -0.275. The minimum absolute atomic E-state index is 0.275. The number of methoxy groups -OCH3 is 1. The summed E-state index contributed by atoms with van der Waals surface area (Å²) >= 11 is 3.16. The van der Waals surface area contributed by atoms with Crippen LogP contribution in [-0.2, 0) is 11.2 Å². The van der Waals surface area contributed by atoms with Gasteiger partial charge in [-0.1, -0.05) is 40.4 Å². The lowest BCUT2D eigenvalue weighted by Gasteiger charge is -1.98. The number of ether oxygens (including phenoxy) is 1. The van der Waals surface area contributed by atoms with Gasteiger partial charge >= 0.3 is 0 Å². The third-order valence-corrected chi connectivity index (χ3v) is 5.75. The van der Waals surface area contributed by atoms with Crippen LogP contribution in [0.4, 0.5) is 9.52 Å². The number of benzene rings is 1. The van der Waals surface area contributed by atoms with E-state index in [2.05, 4.69) is 25.7 Å². The van der Waals surface area contributed by atoms with Crippen LogP contribution in [0.2, 0.25) is 0 Å². The Bertz CT molecular complexity index is 871. The average Bonchev–Trinajstić information content (AvgIpc) is 3.31. The Labute approximate surface area is 164 Å². The number of halogens is 1. The summed E-state index contributed by atoms with van der Waals surface area (Å²) in [6.07, 6.45) is 1.52. The lowest BCUT2D eigenvalue weighted by molar-refractivity contribution is 0.211. The fraction of sp³-hybridized carbons (Fsp3) is 0.412. The summed E-state index contributed by atoms with van der Waals surface area (Å²) in [7, 11) is 1.66. The molecule has 3 rings (SSSR count). The third-order valence-electron chi connectivity index (χ3n) is 3.65. The van der Waals surface area contributed by atoms with E-state index in [9.17, 15) is 4.39 Å². The number of aromatic nitrogens is 4. The fourth-order valence-electron chi connectivity index (χ4n) is 2.19. The first kappa shape index (κ1) is 19.7. The molecule has 1 aromatic carbocycles. The van der Waals surface area contributed by atoms with Gasteiger partial charge in [-0.05, 0) is 25.0 Å². The number of anilines is 1. The van der Waals surface area contributed by atoms with Crippen LogP contribution in [0.3, 0.4) is 0 Å². The van der Waals surface area contributed by atoms with Gasteiger partial charge in [0.05, 0.1) is 6.61 Å². The van der Waals surface area contributed by atoms with Crippen molar-refractivity contribution in [3.8, 4) is 11.4 Å². The van der Waals surface area contributed by atoms with Gasteiger partial charge < -0.3 is 14.6 Å². The quantitative estimate of drug-likeness (QED) is 0.399. The zero-order chi connectivity index (χ0) is 19.1. The summed E-state index contributed by atoms with van der Waals surface area (Å²) in [5.74, 6) is 1.55. The molecule has 2 aromatic heterocycles. The molecule has 0 saturated heterocycles. The molecular weight excluding hydrogens is 389 g/mol. The van der Waals surface area contributed by atoms with Crippen molar-refractivity contribution in [3.05, 3.63) is 35.5 Å². The summed E-state index contributed by atoms with van der Waals surface area (Å²) in [4.78, 5) is 4.34. The molecule has 7 nitrogen and oxygen atoms in total.